The molecule has 0 unspecified atom stereocenters. The molecule has 6 nitrogen and oxygen atoms in total. The first-order valence-electron chi connectivity index (χ1n) is 5.17. The number of hydroxylamine groups is 1. The highest BCUT2D eigenvalue weighted by molar-refractivity contribution is 6.31. The number of hydrogen-bond acceptors (Lipinski definition) is 3. The zero-order valence-electron chi connectivity index (χ0n) is 10.3. The zero-order chi connectivity index (χ0) is 13.7. The lowest BCUT2D eigenvalue weighted by Gasteiger charge is -2.20. The molecule has 0 spiro atoms. The predicted molar refractivity (Wildman–Crippen MR) is 68.7 cm³/mol. The van der Waals surface area contributed by atoms with Crippen LogP contribution in [0.2, 0.25) is 5.02 Å². The highest BCUT2D eigenvalue weighted by Gasteiger charge is 2.19. The Kier molecular flexibility index (Phi) is 4.79. The van der Waals surface area contributed by atoms with E-state index in [4.69, 9.17) is 16.4 Å². The Morgan fingerprint density at radius 2 is 1.94 bits per heavy atom. The molecule has 18 heavy (non-hydrogen) atoms. The molecule has 0 atom stereocenters. The van der Waals surface area contributed by atoms with E-state index in [2.05, 4.69) is 10.6 Å². The second-order valence-electron chi connectivity index (χ2n) is 3.41. The molecule has 0 saturated carbocycles. The standard InChI is InChI=1S/C11H14ClN3O3/c1-7-4-5-8(6-9(7)12)15(10(16)13-2)18-11(17)14-3/h4-6H,1-3H3,(H,13,16)(H,14,17). The molecule has 3 amide bonds. The van der Waals surface area contributed by atoms with Crippen molar-refractivity contribution in [3.05, 3.63) is 28.8 Å². The number of carbonyl (C=O) groups is 2. The summed E-state index contributed by atoms with van der Waals surface area (Å²) in [4.78, 5) is 27.7. The summed E-state index contributed by atoms with van der Waals surface area (Å²) < 4.78 is 0. The van der Waals surface area contributed by atoms with Gasteiger partial charge in [-0.2, -0.15) is 0 Å². The summed E-state index contributed by atoms with van der Waals surface area (Å²) in [7, 11) is 2.82. The molecule has 0 heterocycles. The number of nitrogens with one attached hydrogen (secondary N) is 2. The first-order chi connectivity index (χ1) is 8.49. The van der Waals surface area contributed by atoms with E-state index in [0.29, 0.717) is 10.7 Å². The fourth-order valence-electron chi connectivity index (χ4n) is 1.15. The van der Waals surface area contributed by atoms with Crippen LogP contribution in [0.4, 0.5) is 15.3 Å². The largest absolute Gasteiger partial charge is 0.431 e. The van der Waals surface area contributed by atoms with Crippen molar-refractivity contribution in [1.82, 2.24) is 10.6 Å². The molecule has 0 saturated heterocycles. The smallest absolute Gasteiger partial charge is 0.338 e. The van der Waals surface area contributed by atoms with Crippen LogP contribution in [0.1, 0.15) is 5.56 Å². The first-order valence-corrected chi connectivity index (χ1v) is 5.55. The number of aryl methyl sites for hydroxylation is 1. The molecule has 0 aliphatic rings. The number of hydrogen-bond donors (Lipinski definition) is 2. The van der Waals surface area contributed by atoms with E-state index in [0.717, 1.165) is 10.6 Å². The number of benzene rings is 1. The van der Waals surface area contributed by atoms with E-state index in [-0.39, 0.29) is 0 Å². The summed E-state index contributed by atoms with van der Waals surface area (Å²) in [6.07, 6.45) is -0.754. The van der Waals surface area contributed by atoms with Gasteiger partial charge in [0.25, 0.3) is 0 Å². The molecule has 2 N–H and O–H groups in total. The van der Waals surface area contributed by atoms with Crippen LogP contribution in [0.5, 0.6) is 0 Å². The average molecular weight is 272 g/mol. The number of nitrogens with zero attached hydrogens (tertiary/aromatic N) is 1. The van der Waals surface area contributed by atoms with Gasteiger partial charge in [-0.25, -0.2) is 9.59 Å². The molecule has 0 bridgehead atoms. The Labute approximate surface area is 110 Å². The summed E-state index contributed by atoms with van der Waals surface area (Å²) >= 11 is 5.96. The maximum atomic E-state index is 11.6. The van der Waals surface area contributed by atoms with E-state index in [1.807, 2.05) is 6.92 Å². The fraction of sp³-hybridized carbons (Fsp3) is 0.273. The number of rotatable bonds is 1. The van der Waals surface area contributed by atoms with Crippen molar-refractivity contribution in [3.63, 3.8) is 0 Å². The Morgan fingerprint density at radius 3 is 2.44 bits per heavy atom. The molecule has 0 fully saturated rings. The van der Waals surface area contributed by atoms with Crippen LogP contribution in [0.15, 0.2) is 18.2 Å². The second-order valence-corrected chi connectivity index (χ2v) is 3.82. The summed E-state index contributed by atoms with van der Waals surface area (Å²) in [5, 5.41) is 5.92. The Hall–Kier alpha value is -1.95. The highest BCUT2D eigenvalue weighted by atomic mass is 35.5. The average Bonchev–Trinajstić information content (AvgIpc) is 2.38. The van der Waals surface area contributed by atoms with Crippen LogP contribution in [0, 0.1) is 6.92 Å². The van der Waals surface area contributed by atoms with E-state index in [1.165, 1.54) is 20.2 Å². The third-order valence-electron chi connectivity index (χ3n) is 2.17. The molecular weight excluding hydrogens is 258 g/mol. The number of amides is 3. The molecule has 0 aliphatic heterocycles. The van der Waals surface area contributed by atoms with Crippen molar-refractivity contribution >= 4 is 29.4 Å². The minimum absolute atomic E-state index is 0.355. The van der Waals surface area contributed by atoms with Crippen molar-refractivity contribution in [3.8, 4) is 0 Å². The van der Waals surface area contributed by atoms with Gasteiger partial charge in [0.15, 0.2) is 0 Å². The third-order valence-corrected chi connectivity index (χ3v) is 2.57. The van der Waals surface area contributed by atoms with Crippen LogP contribution in [0.3, 0.4) is 0 Å². The van der Waals surface area contributed by atoms with Crippen LogP contribution in [-0.4, -0.2) is 26.2 Å². The van der Waals surface area contributed by atoms with Crippen molar-refractivity contribution in [1.29, 1.82) is 0 Å². The van der Waals surface area contributed by atoms with Gasteiger partial charge in [-0.1, -0.05) is 17.7 Å². The molecule has 1 aromatic rings. The maximum absolute atomic E-state index is 11.6. The monoisotopic (exact) mass is 271 g/mol. The Balaban J connectivity index is 3.05. The third kappa shape index (κ3) is 3.27. The molecule has 7 heteroatoms. The van der Waals surface area contributed by atoms with Gasteiger partial charge >= 0.3 is 12.1 Å². The second kappa shape index (κ2) is 6.11. The minimum Gasteiger partial charge on any atom is -0.338 e. The van der Waals surface area contributed by atoms with Crippen molar-refractivity contribution in [2.24, 2.45) is 0 Å². The van der Waals surface area contributed by atoms with Gasteiger partial charge in [0, 0.05) is 19.1 Å². The number of halogens is 1. The van der Waals surface area contributed by atoms with Gasteiger partial charge in [-0.3, -0.25) is 0 Å². The fourth-order valence-corrected chi connectivity index (χ4v) is 1.32. The summed E-state index contributed by atoms with van der Waals surface area (Å²) in [5.41, 5.74) is 1.21. The molecular formula is C11H14ClN3O3. The van der Waals surface area contributed by atoms with E-state index < -0.39 is 12.1 Å². The van der Waals surface area contributed by atoms with Gasteiger partial charge in [0.1, 0.15) is 0 Å². The van der Waals surface area contributed by atoms with Gasteiger partial charge in [0.2, 0.25) is 0 Å². The molecule has 98 valence electrons. The SMILES string of the molecule is CNC(=O)ON(C(=O)NC)c1ccc(C)c(Cl)c1. The Morgan fingerprint density at radius 1 is 1.28 bits per heavy atom. The van der Waals surface area contributed by atoms with Crippen LogP contribution >= 0.6 is 11.6 Å². The van der Waals surface area contributed by atoms with Gasteiger partial charge in [-0.05, 0) is 24.6 Å². The molecule has 1 rings (SSSR count). The lowest BCUT2D eigenvalue weighted by Crippen LogP contribution is -2.41. The molecule has 1 aromatic carbocycles. The summed E-state index contributed by atoms with van der Waals surface area (Å²) in [6, 6.07) is 4.30. The topological polar surface area (TPSA) is 70.7 Å². The first kappa shape index (κ1) is 14.1. The van der Waals surface area contributed by atoms with Crippen LogP contribution in [-0.2, 0) is 4.84 Å². The molecule has 0 radical (unpaired) electrons. The summed E-state index contributed by atoms with van der Waals surface area (Å²) in [6.45, 7) is 1.83. The van der Waals surface area contributed by atoms with Gasteiger partial charge in [0.05, 0.1) is 5.69 Å². The van der Waals surface area contributed by atoms with Crippen LogP contribution in [0.25, 0.3) is 0 Å². The maximum Gasteiger partial charge on any atom is 0.431 e. The van der Waals surface area contributed by atoms with Crippen molar-refractivity contribution in [2.75, 3.05) is 19.2 Å². The normalized spacial score (nSPS) is 9.56. The number of urea groups is 1. The predicted octanol–water partition coefficient (Wildman–Crippen LogP) is 2.07. The Bertz CT molecular complexity index is 465. The lowest BCUT2D eigenvalue weighted by atomic mass is 10.2. The zero-order valence-corrected chi connectivity index (χ0v) is 11.0. The molecule has 0 aliphatic carbocycles. The lowest BCUT2D eigenvalue weighted by molar-refractivity contribution is 0.137. The molecule has 0 aromatic heterocycles. The van der Waals surface area contributed by atoms with E-state index in [1.54, 1.807) is 12.1 Å². The number of carbonyl (C=O) groups excluding carboxylic acids is 2. The van der Waals surface area contributed by atoms with Crippen LogP contribution < -0.4 is 15.7 Å². The van der Waals surface area contributed by atoms with E-state index >= 15 is 0 Å². The van der Waals surface area contributed by atoms with Gasteiger partial charge in [-0.15, -0.1) is 5.06 Å². The van der Waals surface area contributed by atoms with Crippen molar-refractivity contribution in [2.45, 2.75) is 6.92 Å². The van der Waals surface area contributed by atoms with Gasteiger partial charge < -0.3 is 15.5 Å². The highest BCUT2D eigenvalue weighted by Crippen LogP contribution is 2.23. The summed E-state index contributed by atoms with van der Waals surface area (Å²) in [5.74, 6) is 0. The van der Waals surface area contributed by atoms with Crippen molar-refractivity contribution < 1.29 is 14.4 Å². The van der Waals surface area contributed by atoms with E-state index in [9.17, 15) is 9.59 Å². The minimum atomic E-state index is -0.754. The number of anilines is 1. The quantitative estimate of drug-likeness (QED) is 0.768.